The summed E-state index contributed by atoms with van der Waals surface area (Å²) < 4.78 is 11.9. The van der Waals surface area contributed by atoms with Gasteiger partial charge in [-0.05, 0) is 37.6 Å². The molecule has 3 atom stereocenters. The predicted octanol–water partition coefficient (Wildman–Crippen LogP) is 2.77. The number of aliphatic hydroxyl groups excluding tert-OH is 1. The van der Waals surface area contributed by atoms with E-state index in [1.807, 2.05) is 35.4 Å². The number of aliphatic hydroxyl groups is 1. The molecule has 0 radical (unpaired) electrons. The molecule has 29 heavy (non-hydrogen) atoms. The van der Waals surface area contributed by atoms with E-state index < -0.39 is 11.5 Å². The molecule has 0 fully saturated rings. The first-order chi connectivity index (χ1) is 14.0. The van der Waals surface area contributed by atoms with Gasteiger partial charge < -0.3 is 24.8 Å². The van der Waals surface area contributed by atoms with Crippen LogP contribution < -0.4 is 14.8 Å². The van der Waals surface area contributed by atoms with Crippen molar-refractivity contribution >= 4 is 5.91 Å². The van der Waals surface area contributed by atoms with Crippen molar-refractivity contribution in [2.75, 3.05) is 13.7 Å². The summed E-state index contributed by atoms with van der Waals surface area (Å²) in [6.45, 7) is 7.00. The highest BCUT2D eigenvalue weighted by atomic mass is 16.5. The summed E-state index contributed by atoms with van der Waals surface area (Å²) in [6, 6.07) is 3.91. The number of hydrogen-bond donors (Lipinski definition) is 2. The van der Waals surface area contributed by atoms with Crippen molar-refractivity contribution in [3.05, 3.63) is 60.0 Å². The number of dihydropyridines is 1. The van der Waals surface area contributed by atoms with Gasteiger partial charge in [0.1, 0.15) is 6.10 Å². The summed E-state index contributed by atoms with van der Waals surface area (Å²) in [5, 5.41) is 13.1. The standard InChI is InChI=1S/C23H28N2O4/c1-4-23-9-11-25(22(27)16-6-5-10-24-13-16)14-17-7-8-18(28-3)21(20(17)23)29-19(23)12-15(2)26/h4-5,7-8,10,13,15,19,24,26H,1,6,9,11-12,14H2,2-3H3/t15-,19-,23-/m0/s1. The number of allylic oxidation sites excluding steroid dienone is 1. The van der Waals surface area contributed by atoms with Gasteiger partial charge in [0, 0.05) is 36.8 Å². The molecule has 4 rings (SSSR count). The van der Waals surface area contributed by atoms with Crippen LogP contribution in [-0.2, 0) is 16.8 Å². The Morgan fingerprint density at radius 3 is 3.03 bits per heavy atom. The van der Waals surface area contributed by atoms with Gasteiger partial charge >= 0.3 is 0 Å². The summed E-state index contributed by atoms with van der Waals surface area (Å²) >= 11 is 0. The number of hydrogen-bond acceptors (Lipinski definition) is 5. The molecule has 154 valence electrons. The van der Waals surface area contributed by atoms with E-state index in [0.29, 0.717) is 43.9 Å². The van der Waals surface area contributed by atoms with Crippen molar-refractivity contribution in [3.63, 3.8) is 0 Å². The lowest BCUT2D eigenvalue weighted by atomic mass is 9.72. The van der Waals surface area contributed by atoms with Crippen LogP contribution in [0, 0.1) is 0 Å². The molecule has 3 heterocycles. The van der Waals surface area contributed by atoms with Crippen molar-refractivity contribution in [1.29, 1.82) is 0 Å². The Balaban J connectivity index is 1.76. The van der Waals surface area contributed by atoms with Gasteiger partial charge in [-0.2, -0.15) is 0 Å². The van der Waals surface area contributed by atoms with Gasteiger partial charge in [0.05, 0.1) is 18.6 Å². The number of benzene rings is 1. The fourth-order valence-electron chi connectivity index (χ4n) is 4.71. The fraction of sp³-hybridized carbons (Fsp3) is 0.435. The molecule has 3 aliphatic heterocycles. The third-order valence-corrected chi connectivity index (χ3v) is 6.18. The monoisotopic (exact) mass is 396 g/mol. The Hall–Kier alpha value is -2.73. The minimum atomic E-state index is -0.508. The number of nitrogens with zero attached hydrogens (tertiary/aromatic N) is 1. The lowest BCUT2D eigenvalue weighted by Crippen LogP contribution is -2.40. The summed E-state index contributed by atoms with van der Waals surface area (Å²) in [5.41, 5.74) is 2.37. The fourth-order valence-corrected chi connectivity index (χ4v) is 4.71. The van der Waals surface area contributed by atoms with Crippen LogP contribution in [0.4, 0.5) is 0 Å². The van der Waals surface area contributed by atoms with E-state index in [1.54, 1.807) is 20.2 Å². The Kier molecular flexibility index (Phi) is 5.13. The van der Waals surface area contributed by atoms with Gasteiger partial charge in [-0.15, -0.1) is 6.58 Å². The van der Waals surface area contributed by atoms with Crippen molar-refractivity contribution in [2.45, 2.75) is 50.4 Å². The zero-order valence-corrected chi connectivity index (χ0v) is 17.0. The highest BCUT2D eigenvalue weighted by Crippen LogP contribution is 2.54. The molecular formula is C23H28N2O4. The summed E-state index contributed by atoms with van der Waals surface area (Å²) in [4.78, 5) is 15.1. The van der Waals surface area contributed by atoms with Crippen LogP contribution in [0.2, 0.25) is 0 Å². The number of carbonyl (C=O) groups is 1. The summed E-state index contributed by atoms with van der Waals surface area (Å²) in [6.07, 6.45) is 8.54. The first-order valence-corrected chi connectivity index (χ1v) is 10.1. The normalized spacial score (nSPS) is 25.8. The SMILES string of the molecule is C=C[C@@]12CCN(C(=O)C3=CNC=CC3)Cc3ccc(OC)c(c31)O[C@H]2C[C@H](C)O. The minimum absolute atomic E-state index is 0.0404. The highest BCUT2D eigenvalue weighted by molar-refractivity contribution is 5.94. The van der Waals surface area contributed by atoms with Gasteiger partial charge in [0.25, 0.3) is 5.91 Å². The highest BCUT2D eigenvalue weighted by Gasteiger charge is 2.51. The third kappa shape index (κ3) is 3.21. The number of carbonyl (C=O) groups excluding carboxylic acids is 1. The van der Waals surface area contributed by atoms with Crippen molar-refractivity contribution in [2.24, 2.45) is 0 Å². The van der Waals surface area contributed by atoms with Gasteiger partial charge in [0.15, 0.2) is 11.5 Å². The quantitative estimate of drug-likeness (QED) is 0.749. The third-order valence-electron chi connectivity index (χ3n) is 6.18. The van der Waals surface area contributed by atoms with E-state index in [0.717, 1.165) is 16.7 Å². The van der Waals surface area contributed by atoms with Crippen molar-refractivity contribution in [3.8, 4) is 11.5 Å². The Bertz CT molecular complexity index is 889. The molecule has 0 aromatic heterocycles. The van der Waals surface area contributed by atoms with E-state index in [2.05, 4.69) is 11.9 Å². The Labute approximate surface area is 171 Å². The minimum Gasteiger partial charge on any atom is -0.493 e. The average Bonchev–Trinajstić information content (AvgIpc) is 2.93. The maximum absolute atomic E-state index is 13.2. The number of rotatable bonds is 5. The van der Waals surface area contributed by atoms with Crippen LogP contribution in [-0.4, -0.2) is 41.8 Å². The first kappa shape index (κ1) is 19.6. The molecule has 6 nitrogen and oxygen atoms in total. The molecule has 0 unspecified atom stereocenters. The van der Waals surface area contributed by atoms with E-state index in [-0.39, 0.29) is 12.0 Å². The van der Waals surface area contributed by atoms with Crippen LogP contribution in [0.1, 0.15) is 37.3 Å². The van der Waals surface area contributed by atoms with E-state index >= 15 is 0 Å². The van der Waals surface area contributed by atoms with Crippen LogP contribution in [0.3, 0.4) is 0 Å². The number of amides is 1. The van der Waals surface area contributed by atoms with E-state index in [4.69, 9.17) is 9.47 Å². The molecule has 2 N–H and O–H groups in total. The molecule has 0 spiro atoms. The maximum atomic E-state index is 13.2. The second-order valence-electron chi connectivity index (χ2n) is 7.99. The van der Waals surface area contributed by atoms with Gasteiger partial charge in [-0.25, -0.2) is 0 Å². The first-order valence-electron chi connectivity index (χ1n) is 10.1. The Morgan fingerprint density at radius 2 is 2.38 bits per heavy atom. The predicted molar refractivity (Wildman–Crippen MR) is 111 cm³/mol. The molecule has 1 amide bonds. The lowest BCUT2D eigenvalue weighted by molar-refractivity contribution is -0.128. The number of methoxy groups -OCH3 is 1. The van der Waals surface area contributed by atoms with Crippen molar-refractivity contribution < 1.29 is 19.4 Å². The molecule has 3 aliphatic rings. The maximum Gasteiger partial charge on any atom is 0.251 e. The van der Waals surface area contributed by atoms with Crippen molar-refractivity contribution in [1.82, 2.24) is 10.2 Å². The van der Waals surface area contributed by atoms with E-state index in [1.165, 1.54) is 0 Å². The van der Waals surface area contributed by atoms with Crippen LogP contribution in [0.25, 0.3) is 0 Å². The number of nitrogens with one attached hydrogen (secondary N) is 1. The summed E-state index contributed by atoms with van der Waals surface area (Å²) in [7, 11) is 1.63. The molecule has 6 heteroatoms. The second kappa shape index (κ2) is 7.59. The molecular weight excluding hydrogens is 368 g/mol. The van der Waals surface area contributed by atoms with Gasteiger partial charge in [-0.3, -0.25) is 4.79 Å². The zero-order chi connectivity index (χ0) is 20.6. The zero-order valence-electron chi connectivity index (χ0n) is 17.0. The Morgan fingerprint density at radius 1 is 1.55 bits per heavy atom. The molecule has 0 saturated carbocycles. The molecule has 1 aromatic carbocycles. The topological polar surface area (TPSA) is 71.0 Å². The number of ether oxygens (including phenoxy) is 2. The van der Waals surface area contributed by atoms with Crippen LogP contribution in [0.5, 0.6) is 11.5 Å². The largest absolute Gasteiger partial charge is 0.493 e. The molecule has 0 aliphatic carbocycles. The van der Waals surface area contributed by atoms with Crippen LogP contribution in [0.15, 0.2) is 48.8 Å². The molecule has 0 saturated heterocycles. The van der Waals surface area contributed by atoms with E-state index in [9.17, 15) is 9.90 Å². The molecule has 0 bridgehead atoms. The summed E-state index contributed by atoms with van der Waals surface area (Å²) in [5.74, 6) is 1.43. The van der Waals surface area contributed by atoms with Crippen LogP contribution >= 0.6 is 0 Å². The smallest absolute Gasteiger partial charge is 0.251 e. The van der Waals surface area contributed by atoms with Gasteiger partial charge in [-0.1, -0.05) is 18.2 Å². The van der Waals surface area contributed by atoms with Gasteiger partial charge in [0.2, 0.25) is 0 Å². The molecule has 1 aromatic rings. The second-order valence-corrected chi connectivity index (χ2v) is 7.99. The lowest BCUT2D eigenvalue weighted by Gasteiger charge is -2.32. The average molecular weight is 396 g/mol.